The van der Waals surface area contributed by atoms with Crippen molar-refractivity contribution in [2.75, 3.05) is 13.2 Å². The average molecular weight is 316 g/mol. The van der Waals surface area contributed by atoms with Crippen molar-refractivity contribution in [3.8, 4) is 5.88 Å². The van der Waals surface area contributed by atoms with E-state index < -0.39 is 0 Å². The summed E-state index contributed by atoms with van der Waals surface area (Å²) >= 11 is 0. The molecule has 1 saturated heterocycles. The number of nitrogens with one attached hydrogen (secondary N) is 2. The minimum atomic E-state index is -0.164. The first-order chi connectivity index (χ1) is 11.3. The van der Waals surface area contributed by atoms with Gasteiger partial charge in [-0.2, -0.15) is 5.10 Å². The highest BCUT2D eigenvalue weighted by molar-refractivity contribution is 5.76. The molecule has 2 atom stereocenters. The monoisotopic (exact) mass is 316 g/mol. The van der Waals surface area contributed by atoms with E-state index >= 15 is 0 Å². The fraction of sp³-hybridized carbons (Fsp3) is 0.438. The maximum atomic E-state index is 12.1. The van der Waals surface area contributed by atoms with Crippen LogP contribution < -0.4 is 10.1 Å². The molecule has 3 heterocycles. The number of pyridine rings is 1. The Kier molecular flexibility index (Phi) is 5.21. The number of hydrogen-bond donors (Lipinski definition) is 2. The number of nitrogens with zero attached hydrogens (tertiary/aromatic N) is 2. The normalized spacial score (nSPS) is 20.9. The number of aryl methyl sites for hydroxylation is 1. The lowest BCUT2D eigenvalue weighted by Gasteiger charge is -2.32. The van der Waals surface area contributed by atoms with Crippen LogP contribution in [0.3, 0.4) is 0 Å². The first kappa shape index (κ1) is 15.5. The Labute approximate surface area is 134 Å². The number of carbonyl (C=O) groups excluding carboxylic acids is 1. The maximum Gasteiger partial charge on any atom is 0.220 e. The molecule has 0 aromatic carbocycles. The molecular formula is C16H20N4O3. The smallest absolute Gasteiger partial charge is 0.220 e. The van der Waals surface area contributed by atoms with Gasteiger partial charge in [0, 0.05) is 31.3 Å². The summed E-state index contributed by atoms with van der Waals surface area (Å²) in [5.41, 5.74) is 1.02. The molecular weight excluding hydrogens is 296 g/mol. The van der Waals surface area contributed by atoms with Crippen LogP contribution in [0.2, 0.25) is 0 Å². The predicted octanol–water partition coefficient (Wildman–Crippen LogP) is 1.09. The zero-order chi connectivity index (χ0) is 15.9. The van der Waals surface area contributed by atoms with Gasteiger partial charge in [0.05, 0.1) is 25.5 Å². The quantitative estimate of drug-likeness (QED) is 0.833. The maximum absolute atomic E-state index is 12.1. The molecule has 0 spiro atoms. The molecule has 7 heteroatoms. The lowest BCUT2D eigenvalue weighted by molar-refractivity contribution is -0.124. The molecule has 1 amide bonds. The third kappa shape index (κ3) is 4.53. The third-order valence-corrected chi connectivity index (χ3v) is 3.74. The number of amides is 1. The number of carbonyl (C=O) groups is 1. The SMILES string of the molecule is O=C(CCc1cn[nH]c1)N[C@@H]1COCC[C@H]1Oc1ccccn1. The summed E-state index contributed by atoms with van der Waals surface area (Å²) in [5.74, 6) is 0.549. The summed E-state index contributed by atoms with van der Waals surface area (Å²) in [5, 5.41) is 9.62. The molecule has 122 valence electrons. The first-order valence-corrected chi connectivity index (χ1v) is 7.74. The molecule has 0 saturated carbocycles. The van der Waals surface area contributed by atoms with Gasteiger partial charge in [-0.25, -0.2) is 4.98 Å². The number of aromatic amines is 1. The van der Waals surface area contributed by atoms with Crippen LogP contribution >= 0.6 is 0 Å². The molecule has 1 fully saturated rings. The van der Waals surface area contributed by atoms with Crippen molar-refractivity contribution in [1.82, 2.24) is 20.5 Å². The van der Waals surface area contributed by atoms with Crippen LogP contribution in [0.4, 0.5) is 0 Å². The van der Waals surface area contributed by atoms with E-state index in [2.05, 4.69) is 20.5 Å². The van der Waals surface area contributed by atoms with Gasteiger partial charge >= 0.3 is 0 Å². The minimum absolute atomic E-state index is 0.0173. The van der Waals surface area contributed by atoms with Crippen molar-refractivity contribution in [2.45, 2.75) is 31.4 Å². The highest BCUT2D eigenvalue weighted by Crippen LogP contribution is 2.16. The fourth-order valence-corrected chi connectivity index (χ4v) is 2.52. The lowest BCUT2D eigenvalue weighted by atomic mass is 10.1. The van der Waals surface area contributed by atoms with E-state index in [0.29, 0.717) is 31.9 Å². The van der Waals surface area contributed by atoms with Crippen LogP contribution in [0, 0.1) is 0 Å². The Morgan fingerprint density at radius 2 is 2.43 bits per heavy atom. The van der Waals surface area contributed by atoms with Crippen LogP contribution in [0.15, 0.2) is 36.8 Å². The van der Waals surface area contributed by atoms with Gasteiger partial charge < -0.3 is 14.8 Å². The van der Waals surface area contributed by atoms with Gasteiger partial charge in [-0.1, -0.05) is 6.07 Å². The summed E-state index contributed by atoms with van der Waals surface area (Å²) in [4.78, 5) is 16.3. The van der Waals surface area contributed by atoms with Crippen LogP contribution in [-0.2, 0) is 16.0 Å². The Morgan fingerprint density at radius 1 is 1.48 bits per heavy atom. The highest BCUT2D eigenvalue weighted by Gasteiger charge is 2.29. The van der Waals surface area contributed by atoms with Crippen LogP contribution in [-0.4, -0.2) is 46.4 Å². The highest BCUT2D eigenvalue weighted by atomic mass is 16.5. The van der Waals surface area contributed by atoms with E-state index in [1.807, 2.05) is 18.2 Å². The Balaban J connectivity index is 1.52. The molecule has 2 aromatic rings. The molecule has 0 radical (unpaired) electrons. The van der Waals surface area contributed by atoms with Gasteiger partial charge in [-0.3, -0.25) is 9.89 Å². The molecule has 0 unspecified atom stereocenters. The van der Waals surface area contributed by atoms with Crippen LogP contribution in [0.25, 0.3) is 0 Å². The molecule has 2 aromatic heterocycles. The summed E-state index contributed by atoms with van der Waals surface area (Å²) < 4.78 is 11.4. The van der Waals surface area contributed by atoms with Crippen LogP contribution in [0.5, 0.6) is 5.88 Å². The summed E-state index contributed by atoms with van der Waals surface area (Å²) in [6.07, 6.45) is 6.87. The Bertz CT molecular complexity index is 603. The number of ether oxygens (including phenoxy) is 2. The predicted molar refractivity (Wildman–Crippen MR) is 82.9 cm³/mol. The fourth-order valence-electron chi connectivity index (χ4n) is 2.52. The summed E-state index contributed by atoms with van der Waals surface area (Å²) in [6, 6.07) is 5.36. The first-order valence-electron chi connectivity index (χ1n) is 7.74. The van der Waals surface area contributed by atoms with Crippen LogP contribution in [0.1, 0.15) is 18.4 Å². The average Bonchev–Trinajstić information content (AvgIpc) is 3.09. The molecule has 3 rings (SSSR count). The second-order valence-corrected chi connectivity index (χ2v) is 5.47. The number of aromatic nitrogens is 3. The van der Waals surface area contributed by atoms with E-state index in [0.717, 1.165) is 12.0 Å². The van der Waals surface area contributed by atoms with Gasteiger partial charge in [0.1, 0.15) is 6.10 Å². The largest absolute Gasteiger partial charge is 0.472 e. The van der Waals surface area contributed by atoms with Gasteiger partial charge in [0.2, 0.25) is 11.8 Å². The lowest BCUT2D eigenvalue weighted by Crippen LogP contribution is -2.51. The number of hydrogen-bond acceptors (Lipinski definition) is 5. The molecule has 0 aliphatic carbocycles. The zero-order valence-electron chi connectivity index (χ0n) is 12.8. The van der Waals surface area contributed by atoms with Gasteiger partial charge in [-0.05, 0) is 18.1 Å². The second kappa shape index (κ2) is 7.73. The molecule has 7 nitrogen and oxygen atoms in total. The molecule has 23 heavy (non-hydrogen) atoms. The van der Waals surface area contributed by atoms with E-state index in [1.165, 1.54) is 0 Å². The van der Waals surface area contributed by atoms with Gasteiger partial charge in [0.15, 0.2) is 0 Å². The summed E-state index contributed by atoms with van der Waals surface area (Å²) in [6.45, 7) is 1.08. The number of rotatable bonds is 6. The van der Waals surface area contributed by atoms with E-state index in [-0.39, 0.29) is 18.1 Å². The molecule has 2 N–H and O–H groups in total. The van der Waals surface area contributed by atoms with Crippen molar-refractivity contribution < 1.29 is 14.3 Å². The van der Waals surface area contributed by atoms with Crippen molar-refractivity contribution >= 4 is 5.91 Å². The second-order valence-electron chi connectivity index (χ2n) is 5.47. The molecule has 1 aliphatic heterocycles. The topological polar surface area (TPSA) is 89.1 Å². The molecule has 0 bridgehead atoms. The van der Waals surface area contributed by atoms with Gasteiger partial charge in [0.25, 0.3) is 0 Å². The van der Waals surface area contributed by atoms with Crippen molar-refractivity contribution in [2.24, 2.45) is 0 Å². The Morgan fingerprint density at radius 3 is 3.22 bits per heavy atom. The minimum Gasteiger partial charge on any atom is -0.472 e. The third-order valence-electron chi connectivity index (χ3n) is 3.74. The van der Waals surface area contributed by atoms with Gasteiger partial charge in [-0.15, -0.1) is 0 Å². The van der Waals surface area contributed by atoms with E-state index in [9.17, 15) is 4.79 Å². The van der Waals surface area contributed by atoms with E-state index in [4.69, 9.17) is 9.47 Å². The van der Waals surface area contributed by atoms with Crippen molar-refractivity contribution in [1.29, 1.82) is 0 Å². The Hall–Kier alpha value is -2.41. The molecule has 1 aliphatic rings. The zero-order valence-corrected chi connectivity index (χ0v) is 12.8. The standard InChI is InChI=1S/C16H20N4O3/c21-15(5-4-12-9-18-19-10-12)20-13-11-22-8-6-14(13)23-16-3-1-2-7-17-16/h1-3,7,9-10,13-14H,4-6,8,11H2,(H,18,19)(H,20,21)/t13-,14-/m1/s1. The van der Waals surface area contributed by atoms with Crippen molar-refractivity contribution in [3.63, 3.8) is 0 Å². The number of H-pyrrole nitrogens is 1. The van der Waals surface area contributed by atoms with Crippen molar-refractivity contribution in [3.05, 3.63) is 42.4 Å². The summed E-state index contributed by atoms with van der Waals surface area (Å²) in [7, 11) is 0. The van der Waals surface area contributed by atoms with E-state index in [1.54, 1.807) is 18.6 Å².